The van der Waals surface area contributed by atoms with Crippen molar-refractivity contribution in [2.24, 2.45) is 5.73 Å². The van der Waals surface area contributed by atoms with Crippen molar-refractivity contribution in [3.05, 3.63) is 34.9 Å². The zero-order valence-electron chi connectivity index (χ0n) is 12.6. The van der Waals surface area contributed by atoms with Gasteiger partial charge in [0.2, 0.25) is 0 Å². The van der Waals surface area contributed by atoms with E-state index in [1.54, 1.807) is 0 Å². The van der Waals surface area contributed by atoms with Gasteiger partial charge in [-0.1, -0.05) is 23.5 Å². The van der Waals surface area contributed by atoms with Crippen LogP contribution in [-0.4, -0.2) is 31.2 Å². The summed E-state index contributed by atoms with van der Waals surface area (Å²) in [7, 11) is 0. The fourth-order valence-electron chi connectivity index (χ4n) is 2.42. The number of hydrogen-bond donors (Lipinski definition) is 2. The van der Waals surface area contributed by atoms with Crippen molar-refractivity contribution in [1.82, 2.24) is 5.32 Å². The lowest BCUT2D eigenvalue weighted by atomic mass is 9.88. The van der Waals surface area contributed by atoms with Gasteiger partial charge in [0.05, 0.1) is 18.2 Å². The summed E-state index contributed by atoms with van der Waals surface area (Å²) in [6.07, 6.45) is 2.05. The third kappa shape index (κ3) is 4.07. The number of aryl methyl sites for hydroxylation is 1. The molecular formula is C17H22N2O2. The molecule has 1 saturated carbocycles. The highest BCUT2D eigenvalue weighted by molar-refractivity contribution is 5.97. The Morgan fingerprint density at radius 3 is 2.90 bits per heavy atom. The van der Waals surface area contributed by atoms with Crippen LogP contribution in [0.4, 0.5) is 0 Å². The minimum atomic E-state index is -0.0695. The third-order valence-electron chi connectivity index (χ3n) is 3.58. The van der Waals surface area contributed by atoms with E-state index in [2.05, 4.69) is 17.2 Å². The normalized spacial score (nSPS) is 20.1. The van der Waals surface area contributed by atoms with Gasteiger partial charge < -0.3 is 15.8 Å². The van der Waals surface area contributed by atoms with Crippen molar-refractivity contribution in [2.45, 2.75) is 38.8 Å². The van der Waals surface area contributed by atoms with Gasteiger partial charge in [-0.15, -0.1) is 0 Å². The van der Waals surface area contributed by atoms with Crippen molar-refractivity contribution in [2.75, 3.05) is 13.2 Å². The van der Waals surface area contributed by atoms with E-state index in [9.17, 15) is 4.79 Å². The van der Waals surface area contributed by atoms with Crippen molar-refractivity contribution in [3.63, 3.8) is 0 Å². The van der Waals surface area contributed by atoms with Crippen LogP contribution in [0.2, 0.25) is 0 Å². The molecule has 1 aliphatic carbocycles. The lowest BCUT2D eigenvalue weighted by Crippen LogP contribution is -2.48. The SMILES string of the molecule is CCOC1CC(NC(=O)c2cc(C)ccc2C#CCN)C1. The van der Waals surface area contributed by atoms with Crippen LogP contribution in [0.15, 0.2) is 18.2 Å². The van der Waals surface area contributed by atoms with Gasteiger partial charge in [-0.3, -0.25) is 4.79 Å². The predicted octanol–water partition coefficient (Wildman–Crippen LogP) is 1.60. The van der Waals surface area contributed by atoms with Gasteiger partial charge in [-0.25, -0.2) is 0 Å². The molecule has 3 N–H and O–H groups in total. The number of nitrogens with two attached hydrogens (primary N) is 1. The first-order chi connectivity index (χ1) is 10.1. The zero-order chi connectivity index (χ0) is 15.2. The summed E-state index contributed by atoms with van der Waals surface area (Å²) in [4.78, 5) is 12.4. The lowest BCUT2D eigenvalue weighted by molar-refractivity contribution is -0.00862. The highest BCUT2D eigenvalue weighted by Gasteiger charge is 2.31. The van der Waals surface area contributed by atoms with Gasteiger partial charge in [0.15, 0.2) is 0 Å². The maximum absolute atomic E-state index is 12.4. The molecule has 0 aliphatic heterocycles. The maximum Gasteiger partial charge on any atom is 0.252 e. The summed E-state index contributed by atoms with van der Waals surface area (Å²) in [5.74, 6) is 5.69. The average Bonchev–Trinajstić information content (AvgIpc) is 2.43. The van der Waals surface area contributed by atoms with Crippen molar-refractivity contribution < 1.29 is 9.53 Å². The van der Waals surface area contributed by atoms with Crippen LogP contribution in [-0.2, 0) is 4.74 Å². The summed E-state index contributed by atoms with van der Waals surface area (Å²) in [5.41, 5.74) is 7.79. The number of amides is 1. The number of carbonyl (C=O) groups is 1. The number of hydrogen-bond acceptors (Lipinski definition) is 3. The van der Waals surface area contributed by atoms with Crippen molar-refractivity contribution in [3.8, 4) is 11.8 Å². The van der Waals surface area contributed by atoms with E-state index in [1.807, 2.05) is 32.0 Å². The second-order valence-corrected chi connectivity index (χ2v) is 5.27. The van der Waals surface area contributed by atoms with Gasteiger partial charge in [-0.05, 0) is 38.8 Å². The molecule has 1 aliphatic rings. The minimum Gasteiger partial charge on any atom is -0.378 e. The Kier molecular flexibility index (Phi) is 5.38. The second kappa shape index (κ2) is 7.26. The summed E-state index contributed by atoms with van der Waals surface area (Å²) < 4.78 is 5.50. The molecule has 0 aromatic heterocycles. The Hall–Kier alpha value is -1.83. The van der Waals surface area contributed by atoms with Crippen molar-refractivity contribution >= 4 is 5.91 Å². The van der Waals surface area contributed by atoms with E-state index in [1.165, 1.54) is 0 Å². The van der Waals surface area contributed by atoms with Crippen LogP contribution in [0.5, 0.6) is 0 Å². The average molecular weight is 286 g/mol. The molecule has 0 radical (unpaired) electrons. The topological polar surface area (TPSA) is 64.3 Å². The fourth-order valence-corrected chi connectivity index (χ4v) is 2.42. The third-order valence-corrected chi connectivity index (χ3v) is 3.58. The van der Waals surface area contributed by atoms with E-state index in [4.69, 9.17) is 10.5 Å². The number of nitrogens with one attached hydrogen (secondary N) is 1. The van der Waals surface area contributed by atoms with Crippen LogP contribution in [0.1, 0.15) is 41.3 Å². The molecule has 1 aromatic rings. The molecule has 0 spiro atoms. The molecular weight excluding hydrogens is 264 g/mol. The fraction of sp³-hybridized carbons (Fsp3) is 0.471. The van der Waals surface area contributed by atoms with E-state index in [0.29, 0.717) is 5.56 Å². The van der Waals surface area contributed by atoms with Crippen LogP contribution < -0.4 is 11.1 Å². The van der Waals surface area contributed by atoms with E-state index >= 15 is 0 Å². The first kappa shape index (κ1) is 15.6. The summed E-state index contributed by atoms with van der Waals surface area (Å²) in [5, 5.41) is 3.05. The standard InChI is InChI=1S/C17H22N2O2/c1-3-21-15-10-14(11-15)19-17(20)16-9-12(2)6-7-13(16)5-4-8-18/h6-7,9,14-15H,3,8,10-11,18H2,1-2H3,(H,19,20). The number of carbonyl (C=O) groups excluding carboxylic acids is 1. The first-order valence-electron chi connectivity index (χ1n) is 7.36. The first-order valence-corrected chi connectivity index (χ1v) is 7.36. The molecule has 0 heterocycles. The van der Waals surface area contributed by atoms with Gasteiger partial charge >= 0.3 is 0 Å². The Bertz CT molecular complexity index is 566. The predicted molar refractivity (Wildman–Crippen MR) is 83.0 cm³/mol. The quantitative estimate of drug-likeness (QED) is 0.826. The largest absolute Gasteiger partial charge is 0.378 e. The van der Waals surface area contributed by atoms with Gasteiger partial charge in [0.1, 0.15) is 0 Å². The molecule has 4 nitrogen and oxygen atoms in total. The van der Waals surface area contributed by atoms with Gasteiger partial charge in [-0.2, -0.15) is 0 Å². The lowest BCUT2D eigenvalue weighted by Gasteiger charge is -2.35. The Labute approximate surface area is 126 Å². The molecule has 21 heavy (non-hydrogen) atoms. The molecule has 4 heteroatoms. The number of benzene rings is 1. The molecule has 0 atom stereocenters. The van der Waals surface area contributed by atoms with Crippen LogP contribution in [0.3, 0.4) is 0 Å². The van der Waals surface area contributed by atoms with Crippen LogP contribution in [0, 0.1) is 18.8 Å². The number of ether oxygens (including phenoxy) is 1. The van der Waals surface area contributed by atoms with Crippen molar-refractivity contribution in [1.29, 1.82) is 0 Å². The molecule has 1 fully saturated rings. The molecule has 1 aromatic carbocycles. The molecule has 112 valence electrons. The summed E-state index contributed by atoms with van der Waals surface area (Å²) >= 11 is 0. The molecule has 2 rings (SSSR count). The molecule has 1 amide bonds. The van der Waals surface area contributed by atoms with Gasteiger partial charge in [0.25, 0.3) is 5.91 Å². The molecule has 0 saturated heterocycles. The Morgan fingerprint density at radius 2 is 2.24 bits per heavy atom. The van der Waals surface area contributed by atoms with E-state index in [0.717, 1.165) is 30.6 Å². The highest BCUT2D eigenvalue weighted by atomic mass is 16.5. The van der Waals surface area contributed by atoms with Gasteiger partial charge in [0, 0.05) is 18.2 Å². The zero-order valence-corrected chi connectivity index (χ0v) is 12.6. The Morgan fingerprint density at radius 1 is 1.48 bits per heavy atom. The summed E-state index contributed by atoms with van der Waals surface area (Å²) in [6, 6.07) is 5.89. The summed E-state index contributed by atoms with van der Waals surface area (Å²) in [6.45, 7) is 4.96. The van der Waals surface area contributed by atoms with E-state index in [-0.39, 0.29) is 24.6 Å². The second-order valence-electron chi connectivity index (χ2n) is 5.27. The smallest absolute Gasteiger partial charge is 0.252 e. The Balaban J connectivity index is 2.03. The highest BCUT2D eigenvalue weighted by Crippen LogP contribution is 2.24. The molecule has 0 bridgehead atoms. The minimum absolute atomic E-state index is 0.0695. The van der Waals surface area contributed by atoms with E-state index < -0.39 is 0 Å². The maximum atomic E-state index is 12.4. The number of rotatable bonds is 4. The monoisotopic (exact) mass is 286 g/mol. The van der Waals surface area contributed by atoms with Crippen LogP contribution in [0.25, 0.3) is 0 Å². The molecule has 0 unspecified atom stereocenters. The van der Waals surface area contributed by atoms with Crippen LogP contribution >= 0.6 is 0 Å².